The molecule has 0 N–H and O–H groups in total. The predicted octanol–water partition coefficient (Wildman–Crippen LogP) is 4.13. The summed E-state index contributed by atoms with van der Waals surface area (Å²) >= 11 is 0. The molecule has 0 bridgehead atoms. The predicted molar refractivity (Wildman–Crippen MR) is 117 cm³/mol. The van der Waals surface area contributed by atoms with E-state index in [2.05, 4.69) is 78.6 Å². The van der Waals surface area contributed by atoms with Gasteiger partial charge in [0.25, 0.3) is 0 Å². The van der Waals surface area contributed by atoms with Crippen molar-refractivity contribution in [2.75, 3.05) is 6.61 Å². The van der Waals surface area contributed by atoms with Gasteiger partial charge in [-0.1, -0.05) is 96.8 Å². The van der Waals surface area contributed by atoms with Crippen LogP contribution in [0.2, 0.25) is 0 Å². The summed E-state index contributed by atoms with van der Waals surface area (Å²) in [5, 5.41) is 3.89. The number of benzene rings is 3. The van der Waals surface area contributed by atoms with Crippen molar-refractivity contribution in [3.05, 3.63) is 91.0 Å². The molecule has 0 aliphatic heterocycles. The second-order valence-electron chi connectivity index (χ2n) is 6.26. The van der Waals surface area contributed by atoms with E-state index in [0.29, 0.717) is 19.4 Å². The van der Waals surface area contributed by atoms with E-state index in [1.165, 1.54) is 15.9 Å². The number of carbonyl (C=O) groups excluding carboxylic acids is 1. The van der Waals surface area contributed by atoms with Gasteiger partial charge in [0.2, 0.25) is 0 Å². The molecule has 0 saturated carbocycles. The average Bonchev–Trinajstić information content (AvgIpc) is 2.73. The van der Waals surface area contributed by atoms with Gasteiger partial charge in [-0.2, -0.15) is 0 Å². The van der Waals surface area contributed by atoms with Gasteiger partial charge >= 0.3 is 5.97 Å². The van der Waals surface area contributed by atoms with Crippen molar-refractivity contribution in [2.45, 2.75) is 19.8 Å². The Hall–Kier alpha value is -2.57. The van der Waals surface area contributed by atoms with Crippen LogP contribution in [0.15, 0.2) is 91.0 Å². The molecule has 0 atom stereocenters. The molecule has 3 aromatic rings. The van der Waals surface area contributed by atoms with Crippen molar-refractivity contribution >= 4 is 34.6 Å². The molecule has 3 rings (SSSR count). The molecule has 0 amide bonds. The van der Waals surface area contributed by atoms with Crippen molar-refractivity contribution in [1.82, 2.24) is 0 Å². The van der Waals surface area contributed by atoms with Gasteiger partial charge in [-0.15, -0.1) is 0 Å². The van der Waals surface area contributed by atoms with E-state index >= 15 is 0 Å². The highest BCUT2D eigenvalue weighted by Crippen LogP contribution is 2.43. The third kappa shape index (κ3) is 4.40. The Morgan fingerprint density at radius 1 is 0.778 bits per heavy atom. The molecule has 0 saturated heterocycles. The summed E-state index contributed by atoms with van der Waals surface area (Å²) < 4.78 is 5.13. The van der Waals surface area contributed by atoms with E-state index < -0.39 is 6.89 Å². The second kappa shape index (κ2) is 9.39. The summed E-state index contributed by atoms with van der Waals surface area (Å²) in [6.45, 7) is 0.309. The zero-order chi connectivity index (χ0) is 19.0. The van der Waals surface area contributed by atoms with Crippen molar-refractivity contribution in [3.63, 3.8) is 0 Å². The highest BCUT2D eigenvalue weighted by molar-refractivity contribution is 7.94. The Balaban J connectivity index is 2.18. The molecule has 0 aliphatic carbocycles. The van der Waals surface area contributed by atoms with Crippen LogP contribution >= 0.6 is 6.89 Å². The van der Waals surface area contributed by atoms with Crippen molar-refractivity contribution in [3.8, 4) is 0 Å². The number of carbonyl (C=O) groups is 1. The van der Waals surface area contributed by atoms with Gasteiger partial charge in [-0.3, -0.25) is 4.79 Å². The number of esters is 1. The second-order valence-corrected chi connectivity index (χ2v) is 9.62. The first-order chi connectivity index (χ1) is 13.3. The third-order valence-electron chi connectivity index (χ3n) is 4.55. The summed E-state index contributed by atoms with van der Waals surface area (Å²) in [5.41, 5.74) is 0. The van der Waals surface area contributed by atoms with Gasteiger partial charge in [0.1, 0.15) is 0 Å². The molecule has 0 fully saturated rings. The fourth-order valence-electron chi connectivity index (χ4n) is 3.36. The standard InChI is InChI=1S/C24H25O2P/c1-2-26-24(25)19-12-20-27(21-13-6-3-7-14-21,22-15-8-4-9-16-22)23-17-10-5-11-18-23/h3-11,13-18,20H,2,12,19H2,1H3. The Morgan fingerprint density at radius 2 is 1.19 bits per heavy atom. The number of hydrogen-bond acceptors (Lipinski definition) is 2. The minimum atomic E-state index is -1.96. The average molecular weight is 376 g/mol. The minimum Gasteiger partial charge on any atom is -0.466 e. The van der Waals surface area contributed by atoms with Crippen LogP contribution in [0.3, 0.4) is 0 Å². The van der Waals surface area contributed by atoms with Crippen LogP contribution in [0, 0.1) is 0 Å². The number of hydrogen-bond donors (Lipinski definition) is 0. The van der Waals surface area contributed by atoms with Crippen LogP contribution in [0.4, 0.5) is 0 Å². The van der Waals surface area contributed by atoms with E-state index in [0.717, 1.165) is 0 Å². The van der Waals surface area contributed by atoms with Crippen LogP contribution in [0.25, 0.3) is 0 Å². The van der Waals surface area contributed by atoms with Crippen molar-refractivity contribution < 1.29 is 9.53 Å². The van der Waals surface area contributed by atoms with Gasteiger partial charge < -0.3 is 4.74 Å². The maximum Gasteiger partial charge on any atom is 0.306 e. The normalized spacial score (nSPS) is 11.0. The molecule has 0 radical (unpaired) electrons. The monoisotopic (exact) mass is 376 g/mol. The fraction of sp³-hybridized carbons (Fsp3) is 0.167. The topological polar surface area (TPSA) is 26.3 Å². The molecule has 3 aromatic carbocycles. The van der Waals surface area contributed by atoms with Gasteiger partial charge in [0, 0.05) is 6.42 Å². The summed E-state index contributed by atoms with van der Waals surface area (Å²) in [6.07, 6.45) is 1.09. The molecular weight excluding hydrogens is 351 g/mol. The molecule has 27 heavy (non-hydrogen) atoms. The third-order valence-corrected chi connectivity index (χ3v) is 8.69. The molecule has 0 heterocycles. The quantitative estimate of drug-likeness (QED) is 0.458. The zero-order valence-electron chi connectivity index (χ0n) is 15.6. The van der Waals surface area contributed by atoms with Crippen LogP contribution in [0.5, 0.6) is 0 Å². The molecule has 138 valence electrons. The zero-order valence-corrected chi connectivity index (χ0v) is 16.5. The lowest BCUT2D eigenvalue weighted by atomic mass is 10.3. The Labute approximate surface area is 161 Å². The number of ether oxygens (including phenoxy) is 1. The summed E-state index contributed by atoms with van der Waals surface area (Å²) in [7, 11) is 0. The Bertz CT molecular complexity index is 799. The van der Waals surface area contributed by atoms with Gasteiger partial charge in [0.05, 0.1) is 6.61 Å². The smallest absolute Gasteiger partial charge is 0.306 e. The van der Waals surface area contributed by atoms with Crippen LogP contribution in [-0.2, 0) is 9.53 Å². The van der Waals surface area contributed by atoms with Crippen LogP contribution < -0.4 is 15.9 Å². The van der Waals surface area contributed by atoms with E-state index in [-0.39, 0.29) is 5.97 Å². The maximum absolute atomic E-state index is 11.9. The number of rotatable bonds is 7. The lowest BCUT2D eigenvalue weighted by Gasteiger charge is -2.28. The van der Waals surface area contributed by atoms with Gasteiger partial charge in [-0.05, 0) is 36.1 Å². The van der Waals surface area contributed by atoms with Crippen molar-refractivity contribution in [1.29, 1.82) is 0 Å². The molecule has 0 aromatic heterocycles. The summed E-state index contributed by atoms with van der Waals surface area (Å²) in [6, 6.07) is 31.9. The molecule has 2 nitrogen and oxygen atoms in total. The van der Waals surface area contributed by atoms with E-state index in [1.54, 1.807) is 0 Å². The lowest BCUT2D eigenvalue weighted by Crippen LogP contribution is -2.27. The lowest BCUT2D eigenvalue weighted by molar-refractivity contribution is -0.142. The summed E-state index contributed by atoms with van der Waals surface area (Å²) in [4.78, 5) is 11.9. The van der Waals surface area contributed by atoms with E-state index in [4.69, 9.17) is 4.74 Å². The van der Waals surface area contributed by atoms with Gasteiger partial charge in [0.15, 0.2) is 0 Å². The minimum absolute atomic E-state index is 0.138. The van der Waals surface area contributed by atoms with Crippen LogP contribution in [-0.4, -0.2) is 18.4 Å². The van der Waals surface area contributed by atoms with E-state index in [9.17, 15) is 4.79 Å². The van der Waals surface area contributed by atoms with Crippen molar-refractivity contribution in [2.24, 2.45) is 0 Å². The van der Waals surface area contributed by atoms with E-state index in [1.807, 2.05) is 25.1 Å². The van der Waals surface area contributed by atoms with Gasteiger partial charge in [-0.25, -0.2) is 0 Å². The SMILES string of the molecule is CCOC(=O)CCC=P(c1ccccc1)(c1ccccc1)c1ccccc1. The highest BCUT2D eigenvalue weighted by Gasteiger charge is 2.24. The molecule has 3 heteroatoms. The first kappa shape index (κ1) is 19.2. The Kier molecular flexibility index (Phi) is 6.68. The summed E-state index contributed by atoms with van der Waals surface area (Å²) in [5.74, 6) is 2.23. The fourth-order valence-corrected chi connectivity index (χ4v) is 7.33. The molecule has 0 spiro atoms. The molecular formula is C24H25O2P. The first-order valence-corrected chi connectivity index (χ1v) is 11.2. The van der Waals surface area contributed by atoms with Crippen LogP contribution in [0.1, 0.15) is 19.8 Å². The highest BCUT2D eigenvalue weighted by atomic mass is 31.2. The molecule has 0 aliphatic rings. The molecule has 0 unspecified atom stereocenters. The maximum atomic E-state index is 11.9. The Morgan fingerprint density at radius 3 is 1.56 bits per heavy atom. The largest absolute Gasteiger partial charge is 0.466 e. The first-order valence-electron chi connectivity index (χ1n) is 9.33.